The molecule has 0 saturated heterocycles. The van der Waals surface area contributed by atoms with Gasteiger partial charge in [-0.3, -0.25) is 14.5 Å². The average molecular weight is 452 g/mol. The number of aromatic nitrogens is 1. The van der Waals surface area contributed by atoms with Crippen molar-refractivity contribution >= 4 is 50.9 Å². The van der Waals surface area contributed by atoms with Crippen molar-refractivity contribution in [1.82, 2.24) is 4.98 Å². The summed E-state index contributed by atoms with van der Waals surface area (Å²) in [7, 11) is 0. The van der Waals surface area contributed by atoms with Crippen LogP contribution in [0.15, 0.2) is 58.3 Å². The van der Waals surface area contributed by atoms with Crippen LogP contribution in [0.3, 0.4) is 0 Å². The molecule has 0 aliphatic carbocycles. The number of para-hydroxylation sites is 1. The predicted octanol–water partition coefficient (Wildman–Crippen LogP) is 6.31. The number of thiazole rings is 1. The molecule has 0 spiro atoms. The van der Waals surface area contributed by atoms with Crippen LogP contribution in [0, 0.1) is 11.6 Å². The molecule has 1 amide bonds. The number of amides is 1. The lowest BCUT2D eigenvalue weighted by Gasteiger charge is -2.18. The number of halogens is 2. The fraction of sp³-hybridized carbons (Fsp3) is 0.125. The summed E-state index contributed by atoms with van der Waals surface area (Å²) in [6, 6.07) is 10.4. The summed E-state index contributed by atoms with van der Waals surface area (Å²) in [5.41, 5.74) is 1.80. The Labute approximate surface area is 186 Å². The summed E-state index contributed by atoms with van der Waals surface area (Å²) in [6.45, 7) is 3.21. The van der Waals surface area contributed by atoms with Gasteiger partial charge in [-0.2, -0.15) is 0 Å². The molecule has 5 nitrogen and oxygen atoms in total. The van der Waals surface area contributed by atoms with Gasteiger partial charge in [0.2, 0.25) is 11.7 Å². The number of rotatable bonds is 6. The first-order valence-corrected chi connectivity index (χ1v) is 10.7. The van der Waals surface area contributed by atoms with Crippen LogP contribution in [0.2, 0.25) is 0 Å². The van der Waals surface area contributed by atoms with Gasteiger partial charge in [0.1, 0.15) is 17.2 Å². The molecule has 0 bridgehead atoms. The maximum atomic E-state index is 14.2. The topological polar surface area (TPSA) is 63.4 Å². The van der Waals surface area contributed by atoms with Gasteiger partial charge >= 0.3 is 0 Å². The molecule has 32 heavy (non-hydrogen) atoms. The van der Waals surface area contributed by atoms with E-state index in [0.717, 1.165) is 33.3 Å². The number of carbonyl (C=O) groups is 2. The lowest BCUT2D eigenvalue weighted by Crippen LogP contribution is -2.23. The Hall–Kier alpha value is -3.65. The van der Waals surface area contributed by atoms with Crippen molar-refractivity contribution in [2.45, 2.75) is 20.3 Å². The molecule has 0 aliphatic rings. The van der Waals surface area contributed by atoms with Crippen LogP contribution in [0.25, 0.3) is 17.0 Å². The molecule has 0 atom stereocenters. The number of nitrogens with zero attached hydrogens (tertiary/aromatic N) is 2. The zero-order chi connectivity index (χ0) is 22.8. The second-order valence-electron chi connectivity index (χ2n) is 6.96. The molecule has 0 radical (unpaired) electrons. The van der Waals surface area contributed by atoms with E-state index >= 15 is 0 Å². The number of hydrogen-bond donors (Lipinski definition) is 0. The molecule has 0 aliphatic heterocycles. The summed E-state index contributed by atoms with van der Waals surface area (Å²) in [5.74, 6) is -2.13. The molecule has 2 heterocycles. The van der Waals surface area contributed by atoms with Gasteiger partial charge in [-0.15, -0.1) is 11.3 Å². The van der Waals surface area contributed by atoms with Crippen molar-refractivity contribution < 1.29 is 22.8 Å². The molecule has 0 unspecified atom stereocenters. The largest absolute Gasteiger partial charge is 0.452 e. The lowest BCUT2D eigenvalue weighted by atomic mass is 10.1. The van der Waals surface area contributed by atoms with E-state index in [9.17, 15) is 18.4 Å². The maximum Gasteiger partial charge on any atom is 0.230 e. The Balaban J connectivity index is 1.61. The molecule has 2 aromatic heterocycles. The Kier molecular flexibility index (Phi) is 5.96. The normalized spacial score (nSPS) is 11.4. The number of ketones is 1. The minimum absolute atomic E-state index is 0.102. The van der Waals surface area contributed by atoms with Crippen molar-refractivity contribution in [3.8, 4) is 0 Å². The third-order valence-corrected chi connectivity index (χ3v) is 5.69. The second-order valence-corrected chi connectivity index (χ2v) is 7.80. The Bertz CT molecular complexity index is 1360. The highest BCUT2D eigenvalue weighted by Gasteiger charge is 2.22. The maximum absolute atomic E-state index is 14.2. The average Bonchev–Trinajstić information content (AvgIpc) is 3.38. The zero-order valence-electron chi connectivity index (χ0n) is 17.3. The minimum atomic E-state index is -0.875. The van der Waals surface area contributed by atoms with Crippen molar-refractivity contribution in [1.29, 1.82) is 0 Å². The van der Waals surface area contributed by atoms with Gasteiger partial charge in [0.05, 0.1) is 11.4 Å². The molecule has 0 saturated carbocycles. The first-order chi connectivity index (χ1) is 15.4. The fourth-order valence-corrected chi connectivity index (χ4v) is 4.26. The summed E-state index contributed by atoms with van der Waals surface area (Å²) in [6.07, 6.45) is 3.50. The van der Waals surface area contributed by atoms with E-state index in [4.69, 9.17) is 4.42 Å². The quantitative estimate of drug-likeness (QED) is 0.254. The number of anilines is 2. The van der Waals surface area contributed by atoms with Crippen molar-refractivity contribution in [2.24, 2.45) is 0 Å². The Morgan fingerprint density at radius 1 is 1.19 bits per heavy atom. The summed E-state index contributed by atoms with van der Waals surface area (Å²) in [5, 5.41) is 2.74. The smallest absolute Gasteiger partial charge is 0.230 e. The van der Waals surface area contributed by atoms with Crippen LogP contribution < -0.4 is 4.90 Å². The molecule has 0 N–H and O–H groups in total. The van der Waals surface area contributed by atoms with E-state index in [0.29, 0.717) is 23.8 Å². The van der Waals surface area contributed by atoms with Crippen LogP contribution in [-0.2, 0) is 11.2 Å². The Morgan fingerprint density at radius 3 is 2.69 bits per heavy atom. The number of carbonyl (C=O) groups excluding carboxylic acids is 2. The summed E-state index contributed by atoms with van der Waals surface area (Å²) < 4.78 is 33.2. The van der Waals surface area contributed by atoms with Crippen molar-refractivity contribution in [2.75, 3.05) is 4.90 Å². The third kappa shape index (κ3) is 4.09. The first kappa shape index (κ1) is 21.6. The van der Waals surface area contributed by atoms with E-state index in [1.807, 2.05) is 31.2 Å². The highest BCUT2D eigenvalue weighted by Crippen LogP contribution is 2.32. The molecule has 162 valence electrons. The Morgan fingerprint density at radius 2 is 1.97 bits per heavy atom. The van der Waals surface area contributed by atoms with Crippen molar-refractivity contribution in [3.63, 3.8) is 0 Å². The molecule has 8 heteroatoms. The summed E-state index contributed by atoms with van der Waals surface area (Å²) in [4.78, 5) is 30.3. The van der Waals surface area contributed by atoms with Gasteiger partial charge < -0.3 is 4.42 Å². The van der Waals surface area contributed by atoms with Gasteiger partial charge in [0.15, 0.2) is 10.9 Å². The highest BCUT2D eigenvalue weighted by atomic mass is 32.1. The number of furan rings is 1. The number of allylic oxidation sites excluding steroid dienone is 1. The number of hydrogen-bond acceptors (Lipinski definition) is 5. The van der Waals surface area contributed by atoms with Gasteiger partial charge in [-0.1, -0.05) is 25.1 Å². The van der Waals surface area contributed by atoms with Gasteiger partial charge in [-0.05, 0) is 36.8 Å². The number of benzene rings is 2. The summed E-state index contributed by atoms with van der Waals surface area (Å²) >= 11 is 1.10. The van der Waals surface area contributed by atoms with E-state index in [1.165, 1.54) is 25.1 Å². The fourth-order valence-electron chi connectivity index (χ4n) is 3.41. The zero-order valence-corrected chi connectivity index (χ0v) is 18.1. The number of aryl methyl sites for hydroxylation is 1. The van der Waals surface area contributed by atoms with Gasteiger partial charge in [-0.25, -0.2) is 13.8 Å². The van der Waals surface area contributed by atoms with Crippen molar-refractivity contribution in [3.05, 3.63) is 82.6 Å². The molecule has 0 fully saturated rings. The van der Waals surface area contributed by atoms with E-state index in [2.05, 4.69) is 4.98 Å². The lowest BCUT2D eigenvalue weighted by molar-refractivity contribution is -0.115. The molecule has 2 aromatic carbocycles. The first-order valence-electron chi connectivity index (χ1n) is 9.83. The minimum Gasteiger partial charge on any atom is -0.452 e. The standard InChI is InChI=1S/C24H18F2N2O3S/c1-3-17-18-6-4-5-7-22(18)31-23(17)21(30)11-9-16-13-32-24(27-16)28(14(2)29)20-10-8-15(25)12-19(20)26/h4-13H,3H2,1-2H3. The number of fused-ring (bicyclic) bond motifs is 1. The van der Waals surface area contributed by atoms with E-state index in [1.54, 1.807) is 5.38 Å². The molecular weight excluding hydrogens is 434 g/mol. The molecular formula is C24H18F2N2O3S. The molecule has 4 aromatic rings. The van der Waals surface area contributed by atoms with Crippen LogP contribution in [-0.4, -0.2) is 16.7 Å². The monoisotopic (exact) mass is 452 g/mol. The SMILES string of the molecule is CCc1c(C(=O)C=Cc2csc(N(C(C)=O)c3ccc(F)cc3F)n2)oc2ccccc12. The second kappa shape index (κ2) is 8.84. The van der Waals surface area contributed by atoms with Gasteiger partial charge in [0.25, 0.3) is 0 Å². The molecule has 4 rings (SSSR count). The van der Waals surface area contributed by atoms with Crippen LogP contribution in [0.1, 0.15) is 35.7 Å². The van der Waals surface area contributed by atoms with Crippen LogP contribution in [0.4, 0.5) is 19.6 Å². The predicted molar refractivity (Wildman–Crippen MR) is 120 cm³/mol. The third-order valence-electron chi connectivity index (χ3n) is 4.85. The van der Waals surface area contributed by atoms with Crippen LogP contribution >= 0.6 is 11.3 Å². The van der Waals surface area contributed by atoms with Crippen LogP contribution in [0.5, 0.6) is 0 Å². The van der Waals surface area contributed by atoms with E-state index < -0.39 is 17.5 Å². The van der Waals surface area contributed by atoms with E-state index in [-0.39, 0.29) is 22.4 Å². The van der Waals surface area contributed by atoms with Gasteiger partial charge in [0, 0.05) is 29.3 Å². The highest BCUT2D eigenvalue weighted by molar-refractivity contribution is 7.14.